The summed E-state index contributed by atoms with van der Waals surface area (Å²) in [5.74, 6) is 0.0954. The van der Waals surface area contributed by atoms with Gasteiger partial charge in [-0.3, -0.25) is 9.59 Å². The third kappa shape index (κ3) is 5.33. The second-order valence-electron chi connectivity index (χ2n) is 10.6. The Bertz CT molecular complexity index is 1400. The lowest BCUT2D eigenvalue weighted by Crippen LogP contribution is -2.24. The molecule has 1 aromatic heterocycles. The molecule has 0 spiro atoms. The van der Waals surface area contributed by atoms with E-state index in [1.807, 2.05) is 67.8 Å². The molecule has 0 saturated carbocycles. The van der Waals surface area contributed by atoms with Crippen LogP contribution in [0.1, 0.15) is 97.1 Å². The summed E-state index contributed by atoms with van der Waals surface area (Å²) >= 11 is 0. The van der Waals surface area contributed by atoms with E-state index < -0.39 is 5.60 Å². The van der Waals surface area contributed by atoms with Crippen molar-refractivity contribution in [3.63, 3.8) is 0 Å². The van der Waals surface area contributed by atoms with Crippen molar-refractivity contribution in [3.05, 3.63) is 88.0 Å². The molecule has 0 bridgehead atoms. The molecule has 37 heavy (non-hydrogen) atoms. The number of benzene rings is 2. The van der Waals surface area contributed by atoms with Crippen LogP contribution in [-0.2, 0) is 17.7 Å². The third-order valence-corrected chi connectivity index (χ3v) is 6.63. The highest BCUT2D eigenvalue weighted by molar-refractivity contribution is 6.25. The van der Waals surface area contributed by atoms with Gasteiger partial charge in [0.1, 0.15) is 22.8 Å². The lowest BCUT2D eigenvalue weighted by molar-refractivity contribution is 0.00702. The van der Waals surface area contributed by atoms with Gasteiger partial charge < -0.3 is 9.30 Å². The number of imidazole rings is 1. The van der Waals surface area contributed by atoms with Crippen molar-refractivity contribution < 1.29 is 19.1 Å². The van der Waals surface area contributed by atoms with E-state index in [1.54, 1.807) is 19.9 Å². The summed E-state index contributed by atoms with van der Waals surface area (Å²) in [5, 5.41) is 0. The van der Waals surface area contributed by atoms with Crippen LogP contribution < -0.4 is 0 Å². The SMILES string of the molecule is CCCCc1nc2c(n1Cc1ccc(-c3ccccc3C(=O)OC(C)(C)C)cc1)C(=O)C(C)=C(C)C2=O. The lowest BCUT2D eigenvalue weighted by Gasteiger charge is -2.20. The Morgan fingerprint density at radius 3 is 2.24 bits per heavy atom. The fraction of sp³-hybridized carbons (Fsp3) is 0.355. The Morgan fingerprint density at radius 2 is 1.59 bits per heavy atom. The number of carbonyl (C=O) groups is 3. The number of fused-ring (bicyclic) bond motifs is 1. The predicted molar refractivity (Wildman–Crippen MR) is 144 cm³/mol. The molecular weight excluding hydrogens is 464 g/mol. The van der Waals surface area contributed by atoms with Gasteiger partial charge in [0.2, 0.25) is 11.6 Å². The Balaban J connectivity index is 1.68. The average Bonchev–Trinajstić information content (AvgIpc) is 3.22. The van der Waals surface area contributed by atoms with Crippen LogP contribution in [0.2, 0.25) is 0 Å². The second kappa shape index (κ2) is 10.3. The molecule has 0 radical (unpaired) electrons. The van der Waals surface area contributed by atoms with Gasteiger partial charge in [-0.05, 0) is 63.8 Å². The number of Topliss-reactive ketones (excluding diaryl/α,β-unsaturated/α-hetero) is 2. The van der Waals surface area contributed by atoms with Gasteiger partial charge in [0, 0.05) is 24.1 Å². The fourth-order valence-corrected chi connectivity index (χ4v) is 4.50. The van der Waals surface area contributed by atoms with Crippen LogP contribution in [0.3, 0.4) is 0 Å². The average molecular weight is 499 g/mol. The molecule has 0 amide bonds. The highest BCUT2D eigenvalue weighted by Crippen LogP contribution is 2.30. The van der Waals surface area contributed by atoms with Gasteiger partial charge in [0.05, 0.1) is 5.56 Å². The van der Waals surface area contributed by atoms with Crippen LogP contribution in [0.5, 0.6) is 0 Å². The minimum absolute atomic E-state index is 0.134. The van der Waals surface area contributed by atoms with Crippen molar-refractivity contribution in [2.75, 3.05) is 0 Å². The van der Waals surface area contributed by atoms with E-state index in [9.17, 15) is 14.4 Å². The molecule has 3 aromatic rings. The molecule has 0 atom stereocenters. The molecule has 1 aliphatic carbocycles. The number of ketones is 2. The second-order valence-corrected chi connectivity index (χ2v) is 10.6. The summed E-state index contributed by atoms with van der Waals surface area (Å²) in [5.41, 5.74) is 4.19. The Morgan fingerprint density at radius 1 is 0.946 bits per heavy atom. The molecule has 4 rings (SSSR count). The van der Waals surface area contributed by atoms with Gasteiger partial charge in [-0.2, -0.15) is 0 Å². The first-order valence-electron chi connectivity index (χ1n) is 12.8. The summed E-state index contributed by atoms with van der Waals surface area (Å²) in [4.78, 5) is 43.5. The van der Waals surface area contributed by atoms with Crippen molar-refractivity contribution >= 4 is 17.5 Å². The highest BCUT2D eigenvalue weighted by Gasteiger charge is 2.34. The summed E-state index contributed by atoms with van der Waals surface area (Å²) in [7, 11) is 0. The smallest absolute Gasteiger partial charge is 0.339 e. The minimum atomic E-state index is -0.585. The number of aryl methyl sites for hydroxylation is 1. The molecule has 0 aliphatic heterocycles. The number of nitrogens with zero attached hydrogens (tertiary/aromatic N) is 2. The number of unbranched alkanes of at least 4 members (excludes halogenated alkanes) is 1. The zero-order valence-corrected chi connectivity index (χ0v) is 22.5. The standard InChI is InChI=1S/C31H34N2O4/c1-7-8-13-25-32-26-27(29(35)20(3)19(2)28(26)34)33(25)18-21-14-16-22(17-15-21)23-11-9-10-12-24(23)30(36)37-31(4,5)6/h9-12,14-17H,7-8,13,18H2,1-6H3. The van der Waals surface area contributed by atoms with E-state index >= 15 is 0 Å². The predicted octanol–water partition coefficient (Wildman–Crippen LogP) is 6.61. The van der Waals surface area contributed by atoms with Gasteiger partial charge in [-0.25, -0.2) is 9.78 Å². The molecular formula is C31H34N2O4. The lowest BCUT2D eigenvalue weighted by atomic mass is 9.92. The number of aromatic nitrogens is 2. The number of carbonyl (C=O) groups excluding carboxylic acids is 3. The van der Waals surface area contributed by atoms with E-state index in [0.717, 1.165) is 35.4 Å². The van der Waals surface area contributed by atoms with Crippen molar-refractivity contribution in [1.29, 1.82) is 0 Å². The monoisotopic (exact) mass is 498 g/mol. The Hall–Kier alpha value is -3.80. The molecule has 0 N–H and O–H groups in total. The van der Waals surface area contributed by atoms with Gasteiger partial charge in [0.25, 0.3) is 0 Å². The maximum absolute atomic E-state index is 13.2. The van der Waals surface area contributed by atoms with Crippen LogP contribution in [0.25, 0.3) is 11.1 Å². The number of esters is 1. The van der Waals surface area contributed by atoms with E-state index in [4.69, 9.17) is 4.74 Å². The van der Waals surface area contributed by atoms with Crippen LogP contribution in [-0.4, -0.2) is 32.7 Å². The van der Waals surface area contributed by atoms with Crippen molar-refractivity contribution in [3.8, 4) is 11.1 Å². The van der Waals surface area contributed by atoms with Crippen LogP contribution >= 0.6 is 0 Å². The van der Waals surface area contributed by atoms with Crippen LogP contribution in [0.15, 0.2) is 59.7 Å². The van der Waals surface area contributed by atoms with Gasteiger partial charge in [-0.1, -0.05) is 55.8 Å². The zero-order chi connectivity index (χ0) is 26.9. The van der Waals surface area contributed by atoms with Crippen molar-refractivity contribution in [2.45, 2.75) is 73.0 Å². The Kier molecular flexibility index (Phi) is 7.30. The summed E-state index contributed by atoms with van der Waals surface area (Å²) in [6.07, 6.45) is 2.61. The van der Waals surface area contributed by atoms with Crippen LogP contribution in [0, 0.1) is 0 Å². The highest BCUT2D eigenvalue weighted by atomic mass is 16.6. The topological polar surface area (TPSA) is 78.3 Å². The van der Waals surface area contributed by atoms with Gasteiger partial charge in [0.15, 0.2) is 0 Å². The molecule has 0 saturated heterocycles. The third-order valence-electron chi connectivity index (χ3n) is 6.63. The van der Waals surface area contributed by atoms with E-state index in [2.05, 4.69) is 11.9 Å². The molecule has 6 heteroatoms. The molecule has 0 fully saturated rings. The summed E-state index contributed by atoms with van der Waals surface area (Å²) in [6, 6.07) is 15.3. The number of hydrogen-bond donors (Lipinski definition) is 0. The summed E-state index contributed by atoms with van der Waals surface area (Å²) < 4.78 is 7.51. The minimum Gasteiger partial charge on any atom is -0.456 e. The first kappa shape index (κ1) is 26.3. The van der Waals surface area contributed by atoms with Gasteiger partial charge in [-0.15, -0.1) is 0 Å². The van der Waals surface area contributed by atoms with Crippen molar-refractivity contribution in [2.24, 2.45) is 0 Å². The molecule has 1 heterocycles. The summed E-state index contributed by atoms with van der Waals surface area (Å²) in [6.45, 7) is 11.5. The first-order chi connectivity index (χ1) is 17.5. The molecule has 6 nitrogen and oxygen atoms in total. The molecule has 2 aromatic carbocycles. The molecule has 192 valence electrons. The van der Waals surface area contributed by atoms with E-state index in [-0.39, 0.29) is 23.2 Å². The maximum Gasteiger partial charge on any atom is 0.339 e. The number of hydrogen-bond acceptors (Lipinski definition) is 5. The van der Waals surface area contributed by atoms with E-state index in [0.29, 0.717) is 35.4 Å². The van der Waals surface area contributed by atoms with Crippen molar-refractivity contribution in [1.82, 2.24) is 9.55 Å². The number of ether oxygens (including phenoxy) is 1. The van der Waals surface area contributed by atoms with Crippen LogP contribution in [0.4, 0.5) is 0 Å². The normalized spacial score (nSPS) is 13.7. The largest absolute Gasteiger partial charge is 0.456 e. The Labute approximate surface area is 218 Å². The quantitative estimate of drug-likeness (QED) is 0.343. The molecule has 0 unspecified atom stereocenters. The number of allylic oxidation sites excluding steroid dienone is 2. The first-order valence-corrected chi connectivity index (χ1v) is 12.8. The zero-order valence-electron chi connectivity index (χ0n) is 22.5. The molecule has 1 aliphatic rings. The number of rotatable bonds is 7. The van der Waals surface area contributed by atoms with Gasteiger partial charge >= 0.3 is 5.97 Å². The van der Waals surface area contributed by atoms with E-state index in [1.165, 1.54) is 0 Å². The maximum atomic E-state index is 13.2. The fourth-order valence-electron chi connectivity index (χ4n) is 4.50.